The number of hydrogen-bond acceptors (Lipinski definition) is 5. The van der Waals surface area contributed by atoms with E-state index < -0.39 is 0 Å². The summed E-state index contributed by atoms with van der Waals surface area (Å²) in [6.45, 7) is 6.40. The highest BCUT2D eigenvalue weighted by Gasteiger charge is 2.29. The van der Waals surface area contributed by atoms with Crippen LogP contribution in [-0.4, -0.2) is 37.4 Å². The van der Waals surface area contributed by atoms with E-state index in [0.29, 0.717) is 23.0 Å². The molecule has 1 aromatic rings. The summed E-state index contributed by atoms with van der Waals surface area (Å²) in [5.74, 6) is 1.30. The molecule has 6 nitrogen and oxygen atoms in total. The van der Waals surface area contributed by atoms with E-state index in [9.17, 15) is 4.79 Å². The molecule has 112 valence electrons. The van der Waals surface area contributed by atoms with Crippen molar-refractivity contribution in [3.8, 4) is 0 Å². The maximum absolute atomic E-state index is 12.3. The molecule has 4 atom stereocenters. The predicted octanol–water partition coefficient (Wildman–Crippen LogP) is 1.63. The first-order chi connectivity index (χ1) is 9.49. The standard InChI is InChI=1S/C13H23N5OS/c1-8-6-5-7-11(9(8)2)14-12(19)10(3)20-13-15-16-17-18(13)4/h8-11H,5-7H2,1-4H3,(H,14,19). The SMILES string of the molecule is CC(Sc1nnnn1C)C(=O)NC1CCCC(C)C1C. The van der Waals surface area contributed by atoms with Crippen molar-refractivity contribution >= 4 is 17.7 Å². The maximum atomic E-state index is 12.3. The third kappa shape index (κ3) is 3.50. The number of thioether (sulfide) groups is 1. The Morgan fingerprint density at radius 3 is 2.85 bits per heavy atom. The van der Waals surface area contributed by atoms with Crippen LogP contribution in [0.1, 0.15) is 40.0 Å². The second-order valence-corrected chi connectivity index (χ2v) is 7.04. The molecule has 1 heterocycles. The number of aryl methyl sites for hydroxylation is 1. The molecule has 2 rings (SSSR count). The Morgan fingerprint density at radius 2 is 2.20 bits per heavy atom. The van der Waals surface area contributed by atoms with Crippen molar-refractivity contribution in [3.05, 3.63) is 0 Å². The number of carbonyl (C=O) groups is 1. The van der Waals surface area contributed by atoms with E-state index in [-0.39, 0.29) is 11.2 Å². The first-order valence-corrected chi connectivity index (χ1v) is 8.06. The van der Waals surface area contributed by atoms with Crippen LogP contribution < -0.4 is 5.32 Å². The summed E-state index contributed by atoms with van der Waals surface area (Å²) in [6.07, 6.45) is 3.55. The molecule has 1 aliphatic carbocycles. The smallest absolute Gasteiger partial charge is 0.233 e. The minimum absolute atomic E-state index is 0.0731. The fraction of sp³-hybridized carbons (Fsp3) is 0.846. The fourth-order valence-electron chi connectivity index (χ4n) is 2.62. The highest BCUT2D eigenvalue weighted by molar-refractivity contribution is 8.00. The van der Waals surface area contributed by atoms with E-state index >= 15 is 0 Å². The lowest BCUT2D eigenvalue weighted by atomic mass is 9.78. The number of aromatic nitrogens is 4. The Bertz CT molecular complexity index is 463. The van der Waals surface area contributed by atoms with Gasteiger partial charge in [0, 0.05) is 13.1 Å². The summed E-state index contributed by atoms with van der Waals surface area (Å²) in [5.41, 5.74) is 0. The van der Waals surface area contributed by atoms with E-state index in [1.807, 2.05) is 6.92 Å². The van der Waals surface area contributed by atoms with Gasteiger partial charge in [0.2, 0.25) is 11.1 Å². The van der Waals surface area contributed by atoms with Crippen LogP contribution in [0.5, 0.6) is 0 Å². The van der Waals surface area contributed by atoms with Crippen LogP contribution in [0.25, 0.3) is 0 Å². The fourth-order valence-corrected chi connectivity index (χ4v) is 3.38. The molecule has 1 aliphatic rings. The minimum atomic E-state index is -0.191. The van der Waals surface area contributed by atoms with Crippen LogP contribution in [0, 0.1) is 11.8 Å². The first kappa shape index (κ1) is 15.3. The summed E-state index contributed by atoms with van der Waals surface area (Å²) >= 11 is 1.39. The number of carbonyl (C=O) groups excluding carboxylic acids is 1. The molecular weight excluding hydrogens is 274 g/mol. The normalized spacial score (nSPS) is 28.1. The van der Waals surface area contributed by atoms with E-state index in [1.54, 1.807) is 11.7 Å². The Labute approximate surface area is 124 Å². The van der Waals surface area contributed by atoms with Crippen molar-refractivity contribution in [1.82, 2.24) is 25.5 Å². The molecule has 7 heteroatoms. The Kier molecular flexibility index (Phi) is 5.01. The zero-order valence-corrected chi connectivity index (χ0v) is 13.4. The Hall–Kier alpha value is -1.11. The lowest BCUT2D eigenvalue weighted by molar-refractivity contribution is -0.121. The molecule has 1 N–H and O–H groups in total. The molecule has 1 saturated carbocycles. The lowest BCUT2D eigenvalue weighted by Gasteiger charge is -2.35. The van der Waals surface area contributed by atoms with Crippen molar-refractivity contribution in [2.75, 3.05) is 0 Å². The van der Waals surface area contributed by atoms with Crippen LogP contribution in [0.3, 0.4) is 0 Å². The molecule has 1 amide bonds. The molecule has 0 aliphatic heterocycles. The van der Waals surface area contributed by atoms with Crippen LogP contribution in [0.2, 0.25) is 0 Å². The second kappa shape index (κ2) is 6.56. The summed E-state index contributed by atoms with van der Waals surface area (Å²) in [4.78, 5) is 12.3. The van der Waals surface area contributed by atoms with E-state index in [4.69, 9.17) is 0 Å². The zero-order valence-electron chi connectivity index (χ0n) is 12.5. The Balaban J connectivity index is 1.89. The molecule has 0 spiro atoms. The van der Waals surface area contributed by atoms with Crippen LogP contribution >= 0.6 is 11.8 Å². The molecule has 20 heavy (non-hydrogen) atoms. The van der Waals surface area contributed by atoms with Gasteiger partial charge in [-0.05, 0) is 35.6 Å². The van der Waals surface area contributed by atoms with Gasteiger partial charge in [0.15, 0.2) is 0 Å². The largest absolute Gasteiger partial charge is 0.352 e. The minimum Gasteiger partial charge on any atom is -0.352 e. The second-order valence-electron chi connectivity index (χ2n) is 5.73. The van der Waals surface area contributed by atoms with Gasteiger partial charge >= 0.3 is 0 Å². The van der Waals surface area contributed by atoms with Crippen LogP contribution in [-0.2, 0) is 11.8 Å². The van der Waals surface area contributed by atoms with Crippen LogP contribution in [0.4, 0.5) is 0 Å². The summed E-state index contributed by atoms with van der Waals surface area (Å²) in [6, 6.07) is 0.298. The van der Waals surface area contributed by atoms with E-state index in [2.05, 4.69) is 34.7 Å². The average molecular weight is 297 g/mol. The zero-order chi connectivity index (χ0) is 14.7. The molecule has 0 saturated heterocycles. The summed E-state index contributed by atoms with van der Waals surface area (Å²) in [7, 11) is 1.78. The van der Waals surface area contributed by atoms with E-state index in [1.165, 1.54) is 24.6 Å². The van der Waals surface area contributed by atoms with Gasteiger partial charge in [0.05, 0.1) is 5.25 Å². The number of nitrogens with one attached hydrogen (secondary N) is 1. The van der Waals surface area contributed by atoms with Gasteiger partial charge in [-0.2, -0.15) is 0 Å². The molecule has 1 fully saturated rings. The van der Waals surface area contributed by atoms with Gasteiger partial charge in [-0.15, -0.1) is 5.10 Å². The monoisotopic (exact) mass is 297 g/mol. The molecular formula is C13H23N5OS. The lowest BCUT2D eigenvalue weighted by Crippen LogP contribution is -2.46. The van der Waals surface area contributed by atoms with Crippen molar-refractivity contribution in [3.63, 3.8) is 0 Å². The molecule has 0 bridgehead atoms. The molecule has 1 aromatic heterocycles. The number of rotatable bonds is 4. The van der Waals surface area contributed by atoms with Gasteiger partial charge < -0.3 is 5.32 Å². The van der Waals surface area contributed by atoms with Crippen molar-refractivity contribution < 1.29 is 4.79 Å². The summed E-state index contributed by atoms with van der Waals surface area (Å²) in [5, 5.41) is 14.9. The first-order valence-electron chi connectivity index (χ1n) is 7.18. The highest BCUT2D eigenvalue weighted by atomic mass is 32.2. The third-order valence-electron chi connectivity index (χ3n) is 4.27. The van der Waals surface area contributed by atoms with Crippen molar-refractivity contribution in [2.24, 2.45) is 18.9 Å². The van der Waals surface area contributed by atoms with Gasteiger partial charge in [-0.3, -0.25) is 4.79 Å². The predicted molar refractivity (Wildman–Crippen MR) is 78.2 cm³/mol. The average Bonchev–Trinajstić information content (AvgIpc) is 2.80. The number of nitrogens with zero attached hydrogens (tertiary/aromatic N) is 4. The highest BCUT2D eigenvalue weighted by Crippen LogP contribution is 2.30. The number of tetrazole rings is 1. The van der Waals surface area contributed by atoms with Gasteiger partial charge in [-0.25, -0.2) is 4.68 Å². The van der Waals surface area contributed by atoms with Gasteiger partial charge in [0.1, 0.15) is 0 Å². The van der Waals surface area contributed by atoms with Crippen molar-refractivity contribution in [2.45, 2.75) is 56.5 Å². The van der Waals surface area contributed by atoms with E-state index in [0.717, 1.165) is 6.42 Å². The summed E-state index contributed by atoms with van der Waals surface area (Å²) < 4.78 is 1.58. The van der Waals surface area contributed by atoms with Crippen LogP contribution in [0.15, 0.2) is 5.16 Å². The topological polar surface area (TPSA) is 72.7 Å². The number of amides is 1. The Morgan fingerprint density at radius 1 is 1.45 bits per heavy atom. The number of hydrogen-bond donors (Lipinski definition) is 1. The molecule has 4 unspecified atom stereocenters. The molecule has 0 aromatic carbocycles. The van der Waals surface area contributed by atoms with Gasteiger partial charge in [-0.1, -0.05) is 38.5 Å². The third-order valence-corrected chi connectivity index (χ3v) is 5.39. The maximum Gasteiger partial charge on any atom is 0.233 e. The van der Waals surface area contributed by atoms with Crippen molar-refractivity contribution in [1.29, 1.82) is 0 Å². The van der Waals surface area contributed by atoms with Gasteiger partial charge in [0.25, 0.3) is 0 Å². The quantitative estimate of drug-likeness (QED) is 0.855. The molecule has 0 radical (unpaired) electrons.